The number of anilines is 1. The van der Waals surface area contributed by atoms with E-state index >= 15 is 0 Å². The highest BCUT2D eigenvalue weighted by atomic mass is 35.5. The number of sulfonamides is 1. The second-order valence-corrected chi connectivity index (χ2v) is 12.8. The lowest BCUT2D eigenvalue weighted by molar-refractivity contribution is -0.139. The monoisotopic (exact) mass is 669 g/mol. The van der Waals surface area contributed by atoms with Crippen molar-refractivity contribution in [3.05, 3.63) is 81.3 Å². The van der Waals surface area contributed by atoms with Crippen molar-refractivity contribution in [3.63, 3.8) is 0 Å². The van der Waals surface area contributed by atoms with Crippen molar-refractivity contribution in [3.8, 4) is 11.5 Å². The molecule has 0 fully saturated rings. The number of hydrogen-bond acceptors (Lipinski definition) is 6. The summed E-state index contributed by atoms with van der Waals surface area (Å²) >= 11 is 18.9. The summed E-state index contributed by atoms with van der Waals surface area (Å²) in [4.78, 5) is 28.4. The zero-order chi connectivity index (χ0) is 31.9. The van der Waals surface area contributed by atoms with Crippen molar-refractivity contribution in [2.24, 2.45) is 0 Å². The predicted octanol–water partition coefficient (Wildman–Crippen LogP) is 6.19. The molecule has 0 saturated heterocycles. The van der Waals surface area contributed by atoms with Crippen LogP contribution in [0.15, 0.2) is 65.6 Å². The molecule has 0 aliphatic heterocycles. The molecule has 43 heavy (non-hydrogen) atoms. The fraction of sp³-hybridized carbons (Fsp3) is 0.333. The summed E-state index contributed by atoms with van der Waals surface area (Å²) in [7, 11) is -1.54. The minimum absolute atomic E-state index is 0.142. The van der Waals surface area contributed by atoms with Gasteiger partial charge in [0.1, 0.15) is 12.6 Å². The summed E-state index contributed by atoms with van der Waals surface area (Å²) in [5.74, 6) is -0.552. The van der Waals surface area contributed by atoms with Gasteiger partial charge in [-0.2, -0.15) is 0 Å². The number of halogens is 3. The number of carbonyl (C=O) groups excluding carboxylic acids is 2. The van der Waals surface area contributed by atoms with Gasteiger partial charge in [-0.15, -0.1) is 0 Å². The third-order valence-electron chi connectivity index (χ3n) is 6.89. The first kappa shape index (κ1) is 34.3. The molecular formula is C30H34Cl3N3O6S. The van der Waals surface area contributed by atoms with E-state index in [9.17, 15) is 18.0 Å². The van der Waals surface area contributed by atoms with E-state index in [0.29, 0.717) is 32.8 Å². The van der Waals surface area contributed by atoms with Crippen LogP contribution in [0, 0.1) is 0 Å². The Labute approximate surface area is 267 Å². The van der Waals surface area contributed by atoms with Crippen molar-refractivity contribution in [2.75, 3.05) is 25.1 Å². The third kappa shape index (κ3) is 8.26. The van der Waals surface area contributed by atoms with Crippen LogP contribution in [-0.4, -0.2) is 58.0 Å². The Kier molecular flexibility index (Phi) is 12.0. The van der Waals surface area contributed by atoms with Crippen molar-refractivity contribution in [1.82, 2.24) is 10.2 Å². The first-order valence-corrected chi connectivity index (χ1v) is 15.9. The molecular weight excluding hydrogens is 637 g/mol. The second kappa shape index (κ2) is 15.0. The van der Waals surface area contributed by atoms with Crippen LogP contribution < -0.4 is 19.1 Å². The number of amides is 2. The molecule has 0 aliphatic rings. The largest absolute Gasteiger partial charge is 0.493 e. The SMILES string of the molecule is CCC(C)NC(=O)C(C)N(Cc1c(Cl)cccc1Cl)C(=O)CN(c1ccc(Cl)cc1)S(=O)(=O)c1ccc(OC)c(OC)c1. The van der Waals surface area contributed by atoms with Gasteiger partial charge in [0.2, 0.25) is 11.8 Å². The highest BCUT2D eigenvalue weighted by Gasteiger charge is 2.34. The molecule has 9 nitrogen and oxygen atoms in total. The number of ether oxygens (including phenoxy) is 2. The molecule has 0 radical (unpaired) electrons. The molecule has 3 aromatic carbocycles. The van der Waals surface area contributed by atoms with Crippen LogP contribution in [0.2, 0.25) is 15.1 Å². The molecule has 2 unspecified atom stereocenters. The summed E-state index contributed by atoms with van der Waals surface area (Å²) in [6.07, 6.45) is 0.677. The van der Waals surface area contributed by atoms with Gasteiger partial charge in [0.05, 0.1) is 24.8 Å². The molecule has 0 heterocycles. The molecule has 0 aromatic heterocycles. The maximum absolute atomic E-state index is 14.1. The first-order valence-electron chi connectivity index (χ1n) is 13.4. The third-order valence-corrected chi connectivity index (χ3v) is 9.62. The normalized spacial score (nSPS) is 12.7. The van der Waals surface area contributed by atoms with Crippen LogP contribution in [0.5, 0.6) is 11.5 Å². The van der Waals surface area contributed by atoms with Gasteiger partial charge in [-0.1, -0.05) is 47.8 Å². The van der Waals surface area contributed by atoms with Gasteiger partial charge in [0.25, 0.3) is 10.0 Å². The molecule has 0 saturated carbocycles. The minimum atomic E-state index is -4.36. The number of benzene rings is 3. The Bertz CT molecular complexity index is 1530. The molecule has 0 aliphatic carbocycles. The van der Waals surface area contributed by atoms with Crippen molar-refractivity contribution in [2.45, 2.75) is 50.7 Å². The van der Waals surface area contributed by atoms with E-state index in [1.807, 2.05) is 13.8 Å². The Balaban J connectivity index is 2.10. The van der Waals surface area contributed by atoms with E-state index < -0.39 is 34.4 Å². The van der Waals surface area contributed by atoms with E-state index in [0.717, 1.165) is 4.31 Å². The Morgan fingerprint density at radius 1 is 0.907 bits per heavy atom. The molecule has 232 valence electrons. The quantitative estimate of drug-likeness (QED) is 0.233. The number of hydrogen-bond donors (Lipinski definition) is 1. The summed E-state index contributed by atoms with van der Waals surface area (Å²) in [6.45, 7) is 4.54. The highest BCUT2D eigenvalue weighted by molar-refractivity contribution is 7.92. The van der Waals surface area contributed by atoms with Gasteiger partial charge in [0, 0.05) is 39.3 Å². The van der Waals surface area contributed by atoms with Gasteiger partial charge in [-0.25, -0.2) is 8.42 Å². The van der Waals surface area contributed by atoms with Crippen molar-refractivity contribution in [1.29, 1.82) is 0 Å². The summed E-state index contributed by atoms with van der Waals surface area (Å²) in [6, 6.07) is 13.9. The lowest BCUT2D eigenvalue weighted by Crippen LogP contribution is -2.52. The molecule has 2 atom stereocenters. The van der Waals surface area contributed by atoms with E-state index in [1.165, 1.54) is 61.6 Å². The van der Waals surface area contributed by atoms with Crippen molar-refractivity contribution < 1.29 is 27.5 Å². The molecule has 2 amide bonds. The van der Waals surface area contributed by atoms with Crippen LogP contribution in [0.25, 0.3) is 0 Å². The molecule has 13 heteroatoms. The average Bonchev–Trinajstić information content (AvgIpc) is 2.99. The van der Waals surface area contributed by atoms with Crippen LogP contribution >= 0.6 is 34.8 Å². The van der Waals surface area contributed by atoms with Crippen LogP contribution in [0.4, 0.5) is 5.69 Å². The van der Waals surface area contributed by atoms with Crippen molar-refractivity contribution >= 4 is 62.3 Å². The second-order valence-electron chi connectivity index (χ2n) is 9.72. The number of methoxy groups -OCH3 is 2. The van der Waals surface area contributed by atoms with Crippen LogP contribution in [0.1, 0.15) is 32.8 Å². The van der Waals surface area contributed by atoms with Gasteiger partial charge in [0.15, 0.2) is 11.5 Å². The number of nitrogens with one attached hydrogen (secondary N) is 1. The Morgan fingerprint density at radius 2 is 1.51 bits per heavy atom. The molecule has 3 aromatic rings. The van der Waals surface area contributed by atoms with Gasteiger partial charge in [-0.05, 0) is 68.8 Å². The standard InChI is InChI=1S/C30H34Cl3N3O6S/c1-6-19(2)34-30(38)20(3)35(17-24-25(32)8-7-9-26(24)33)29(37)18-36(22-12-10-21(31)11-13-22)43(39,40)23-14-15-27(41-4)28(16-23)42-5/h7-16,19-20H,6,17-18H2,1-5H3,(H,34,38). The van der Waals surface area contributed by atoms with E-state index in [4.69, 9.17) is 44.3 Å². The Hall–Kier alpha value is -3.18. The van der Waals surface area contributed by atoms with Gasteiger partial charge >= 0.3 is 0 Å². The Morgan fingerprint density at radius 3 is 2.07 bits per heavy atom. The summed E-state index contributed by atoms with van der Waals surface area (Å²) < 4.78 is 39.7. The van der Waals surface area contributed by atoms with Crippen LogP contribution in [-0.2, 0) is 26.2 Å². The lowest BCUT2D eigenvalue weighted by atomic mass is 10.1. The molecule has 0 bridgehead atoms. The fourth-order valence-electron chi connectivity index (χ4n) is 4.14. The fourth-order valence-corrected chi connectivity index (χ4v) is 6.22. The average molecular weight is 671 g/mol. The minimum Gasteiger partial charge on any atom is -0.493 e. The number of nitrogens with zero attached hydrogens (tertiary/aromatic N) is 2. The maximum Gasteiger partial charge on any atom is 0.264 e. The van der Waals surface area contributed by atoms with Crippen LogP contribution in [0.3, 0.4) is 0 Å². The summed E-state index contributed by atoms with van der Waals surface area (Å²) in [5, 5.41) is 3.85. The molecule has 1 N–H and O–H groups in total. The smallest absolute Gasteiger partial charge is 0.264 e. The van der Waals surface area contributed by atoms with E-state index in [2.05, 4.69) is 5.32 Å². The lowest BCUT2D eigenvalue weighted by Gasteiger charge is -2.33. The zero-order valence-electron chi connectivity index (χ0n) is 24.4. The van der Waals surface area contributed by atoms with E-state index in [1.54, 1.807) is 25.1 Å². The zero-order valence-corrected chi connectivity index (χ0v) is 27.5. The molecule has 3 rings (SSSR count). The van der Waals surface area contributed by atoms with Gasteiger partial charge in [-0.3, -0.25) is 13.9 Å². The predicted molar refractivity (Wildman–Crippen MR) is 170 cm³/mol. The van der Waals surface area contributed by atoms with E-state index in [-0.39, 0.29) is 28.9 Å². The number of rotatable bonds is 13. The molecule has 0 spiro atoms. The summed E-state index contributed by atoms with van der Waals surface area (Å²) in [5.41, 5.74) is 0.600. The first-order chi connectivity index (χ1) is 20.3. The highest BCUT2D eigenvalue weighted by Crippen LogP contribution is 2.33. The number of carbonyl (C=O) groups is 2. The maximum atomic E-state index is 14.1. The van der Waals surface area contributed by atoms with Gasteiger partial charge < -0.3 is 19.7 Å². The topological polar surface area (TPSA) is 105 Å².